The fraction of sp³-hybridized carbons (Fsp3) is 0.538. The second-order valence-electron chi connectivity index (χ2n) is 4.73. The number of ether oxygens (including phenoxy) is 3. The van der Waals surface area contributed by atoms with Crippen molar-refractivity contribution in [1.82, 2.24) is 0 Å². The van der Waals surface area contributed by atoms with E-state index >= 15 is 0 Å². The Morgan fingerprint density at radius 1 is 1.24 bits per heavy atom. The number of rotatable bonds is 3. The molecule has 1 aromatic rings. The SMILES string of the molecule is Cc1cc2c(cc1C1(CCCl)COC1)OCO2. The van der Waals surface area contributed by atoms with Gasteiger partial charge in [-0.25, -0.2) is 0 Å². The molecule has 1 aromatic carbocycles. The summed E-state index contributed by atoms with van der Waals surface area (Å²) in [5, 5.41) is 0. The van der Waals surface area contributed by atoms with Crippen LogP contribution in [-0.4, -0.2) is 25.9 Å². The molecule has 3 nitrogen and oxygen atoms in total. The maximum Gasteiger partial charge on any atom is 0.231 e. The molecule has 0 bridgehead atoms. The molecule has 0 atom stereocenters. The highest BCUT2D eigenvalue weighted by molar-refractivity contribution is 6.17. The summed E-state index contributed by atoms with van der Waals surface area (Å²) in [4.78, 5) is 0. The molecule has 17 heavy (non-hydrogen) atoms. The minimum atomic E-state index is 0.0762. The van der Waals surface area contributed by atoms with Gasteiger partial charge in [-0.1, -0.05) is 0 Å². The van der Waals surface area contributed by atoms with Crippen LogP contribution < -0.4 is 9.47 Å². The Morgan fingerprint density at radius 2 is 1.94 bits per heavy atom. The first-order valence-corrected chi connectivity index (χ1v) is 6.33. The summed E-state index contributed by atoms with van der Waals surface area (Å²) in [5.74, 6) is 2.33. The molecule has 4 heteroatoms. The molecule has 0 spiro atoms. The minimum Gasteiger partial charge on any atom is -0.454 e. The molecule has 0 radical (unpaired) electrons. The van der Waals surface area contributed by atoms with Crippen LogP contribution in [-0.2, 0) is 10.2 Å². The van der Waals surface area contributed by atoms with Gasteiger partial charge >= 0.3 is 0 Å². The molecule has 0 aliphatic carbocycles. The van der Waals surface area contributed by atoms with Crippen molar-refractivity contribution >= 4 is 11.6 Å². The molecule has 0 amide bonds. The Kier molecular flexibility index (Phi) is 2.68. The van der Waals surface area contributed by atoms with E-state index < -0.39 is 0 Å². The molecule has 92 valence electrons. The van der Waals surface area contributed by atoms with Crippen LogP contribution in [0, 0.1) is 6.92 Å². The van der Waals surface area contributed by atoms with E-state index in [1.165, 1.54) is 11.1 Å². The first-order chi connectivity index (χ1) is 8.25. The van der Waals surface area contributed by atoms with Gasteiger partial charge in [0.1, 0.15) is 0 Å². The number of fused-ring (bicyclic) bond motifs is 1. The van der Waals surface area contributed by atoms with E-state index in [1.54, 1.807) is 0 Å². The fourth-order valence-electron chi connectivity index (χ4n) is 2.58. The predicted molar refractivity (Wildman–Crippen MR) is 65.1 cm³/mol. The van der Waals surface area contributed by atoms with Crippen molar-refractivity contribution in [3.63, 3.8) is 0 Å². The number of hydrogen-bond acceptors (Lipinski definition) is 3. The first-order valence-electron chi connectivity index (χ1n) is 5.80. The summed E-state index contributed by atoms with van der Waals surface area (Å²) in [6.45, 7) is 3.92. The van der Waals surface area contributed by atoms with Gasteiger partial charge in [-0.3, -0.25) is 0 Å². The van der Waals surface area contributed by atoms with Gasteiger partial charge in [-0.2, -0.15) is 0 Å². The molecule has 2 heterocycles. The van der Waals surface area contributed by atoms with E-state index in [2.05, 4.69) is 13.0 Å². The molecule has 2 aliphatic heterocycles. The van der Waals surface area contributed by atoms with E-state index in [0.717, 1.165) is 31.1 Å². The Labute approximate surface area is 106 Å². The summed E-state index contributed by atoms with van der Waals surface area (Å²) in [7, 11) is 0. The van der Waals surface area contributed by atoms with E-state index in [0.29, 0.717) is 12.7 Å². The maximum atomic E-state index is 5.91. The highest BCUT2D eigenvalue weighted by Crippen LogP contribution is 2.43. The zero-order valence-electron chi connectivity index (χ0n) is 9.79. The summed E-state index contributed by atoms with van der Waals surface area (Å²) in [6, 6.07) is 4.14. The van der Waals surface area contributed by atoms with Crippen molar-refractivity contribution in [3.05, 3.63) is 23.3 Å². The summed E-state index contributed by atoms with van der Waals surface area (Å²) < 4.78 is 16.2. The maximum absolute atomic E-state index is 5.91. The second-order valence-corrected chi connectivity index (χ2v) is 5.11. The van der Waals surface area contributed by atoms with E-state index in [4.69, 9.17) is 25.8 Å². The third-order valence-electron chi connectivity index (χ3n) is 3.62. The van der Waals surface area contributed by atoms with Crippen molar-refractivity contribution < 1.29 is 14.2 Å². The predicted octanol–water partition coefficient (Wildman–Crippen LogP) is 2.62. The molecule has 1 fully saturated rings. The van der Waals surface area contributed by atoms with Crippen LogP contribution in [0.25, 0.3) is 0 Å². The summed E-state index contributed by atoms with van der Waals surface area (Å²) in [5.41, 5.74) is 2.59. The normalized spacial score (nSPS) is 20.1. The van der Waals surface area contributed by atoms with Gasteiger partial charge in [0.25, 0.3) is 0 Å². The van der Waals surface area contributed by atoms with Crippen molar-refractivity contribution in [2.45, 2.75) is 18.8 Å². The zero-order valence-corrected chi connectivity index (χ0v) is 10.5. The smallest absolute Gasteiger partial charge is 0.231 e. The van der Waals surface area contributed by atoms with Crippen LogP contribution in [0.4, 0.5) is 0 Å². The van der Waals surface area contributed by atoms with E-state index in [-0.39, 0.29) is 5.41 Å². The van der Waals surface area contributed by atoms with Crippen LogP contribution >= 0.6 is 11.6 Å². The molecule has 1 saturated heterocycles. The topological polar surface area (TPSA) is 27.7 Å². The lowest BCUT2D eigenvalue weighted by atomic mass is 9.74. The number of benzene rings is 1. The van der Waals surface area contributed by atoms with Crippen LogP contribution in [0.15, 0.2) is 12.1 Å². The second kappa shape index (κ2) is 4.07. The largest absolute Gasteiger partial charge is 0.454 e. The molecular formula is C13H15ClO3. The Hall–Kier alpha value is -0.930. The Morgan fingerprint density at radius 3 is 2.53 bits per heavy atom. The lowest BCUT2D eigenvalue weighted by molar-refractivity contribution is -0.0619. The lowest BCUT2D eigenvalue weighted by Crippen LogP contribution is -2.47. The zero-order chi connectivity index (χ0) is 11.9. The quantitative estimate of drug-likeness (QED) is 0.776. The van der Waals surface area contributed by atoms with Gasteiger partial charge in [-0.05, 0) is 36.6 Å². The monoisotopic (exact) mass is 254 g/mol. The van der Waals surface area contributed by atoms with Gasteiger partial charge in [-0.15, -0.1) is 11.6 Å². The van der Waals surface area contributed by atoms with E-state index in [9.17, 15) is 0 Å². The van der Waals surface area contributed by atoms with Gasteiger partial charge in [0.05, 0.1) is 13.2 Å². The third-order valence-corrected chi connectivity index (χ3v) is 3.81. The van der Waals surface area contributed by atoms with Crippen molar-refractivity contribution in [1.29, 1.82) is 0 Å². The molecule has 0 unspecified atom stereocenters. The number of halogens is 1. The average molecular weight is 255 g/mol. The minimum absolute atomic E-state index is 0.0762. The van der Waals surface area contributed by atoms with Crippen LogP contribution in [0.2, 0.25) is 0 Å². The van der Waals surface area contributed by atoms with Crippen LogP contribution in [0.1, 0.15) is 17.5 Å². The Balaban J connectivity index is 2.02. The molecule has 0 saturated carbocycles. The third kappa shape index (κ3) is 1.69. The summed E-state index contributed by atoms with van der Waals surface area (Å²) in [6.07, 6.45) is 0.940. The van der Waals surface area contributed by atoms with Crippen molar-refractivity contribution in [3.8, 4) is 11.5 Å². The van der Waals surface area contributed by atoms with Gasteiger partial charge < -0.3 is 14.2 Å². The standard InChI is InChI=1S/C13H15ClO3/c1-9-4-11-12(17-8-16-11)5-10(9)13(2-3-14)6-15-7-13/h4-5H,2-3,6-8H2,1H3. The van der Waals surface area contributed by atoms with Gasteiger partial charge in [0.15, 0.2) is 11.5 Å². The molecule has 2 aliphatic rings. The first kappa shape index (κ1) is 11.2. The van der Waals surface area contributed by atoms with Gasteiger partial charge in [0.2, 0.25) is 6.79 Å². The molecule has 0 N–H and O–H groups in total. The van der Waals surface area contributed by atoms with Gasteiger partial charge in [0, 0.05) is 11.3 Å². The fourth-order valence-corrected chi connectivity index (χ4v) is 2.94. The molecule has 0 aromatic heterocycles. The molecular weight excluding hydrogens is 240 g/mol. The highest BCUT2D eigenvalue weighted by Gasteiger charge is 2.41. The van der Waals surface area contributed by atoms with Crippen molar-refractivity contribution in [2.75, 3.05) is 25.9 Å². The van der Waals surface area contributed by atoms with Crippen LogP contribution in [0.5, 0.6) is 11.5 Å². The number of hydrogen-bond donors (Lipinski definition) is 0. The number of aryl methyl sites for hydroxylation is 1. The molecule has 3 rings (SSSR count). The summed E-state index contributed by atoms with van der Waals surface area (Å²) >= 11 is 5.91. The number of alkyl halides is 1. The average Bonchev–Trinajstić information content (AvgIpc) is 2.69. The van der Waals surface area contributed by atoms with E-state index in [1.807, 2.05) is 6.07 Å². The highest BCUT2D eigenvalue weighted by atomic mass is 35.5. The Bertz CT molecular complexity index is 441. The lowest BCUT2D eigenvalue weighted by Gasteiger charge is -2.42. The van der Waals surface area contributed by atoms with Crippen LogP contribution in [0.3, 0.4) is 0 Å². The van der Waals surface area contributed by atoms with Crippen molar-refractivity contribution in [2.24, 2.45) is 0 Å².